The lowest BCUT2D eigenvalue weighted by molar-refractivity contribution is -0.386. The molecule has 1 aliphatic rings. The summed E-state index contributed by atoms with van der Waals surface area (Å²) in [4.78, 5) is 10.5. The number of nitrogens with one attached hydrogen (secondary N) is 1. The van der Waals surface area contributed by atoms with Gasteiger partial charge in [0, 0.05) is 6.54 Å². The normalized spacial score (nSPS) is 16.6. The van der Waals surface area contributed by atoms with Gasteiger partial charge in [0.1, 0.15) is 11.4 Å². The first-order valence-electron chi connectivity index (χ1n) is 7.96. The highest BCUT2D eigenvalue weighted by Gasteiger charge is 2.23. The molecule has 8 nitrogen and oxygen atoms in total. The Morgan fingerprint density at radius 2 is 1.96 bits per heavy atom. The minimum absolute atomic E-state index is 0.0439. The second kappa shape index (κ2) is 7.39. The SMILES string of the molecule is Cc1nn(CCS(=O)(=O)NCC2CCCCC2)c(C)c1[N+](=O)[O-]. The lowest BCUT2D eigenvalue weighted by Gasteiger charge is -2.21. The molecule has 0 atom stereocenters. The van der Waals surface area contributed by atoms with E-state index < -0.39 is 14.9 Å². The molecule has 0 saturated heterocycles. The first-order chi connectivity index (χ1) is 10.8. The number of hydrogen-bond donors (Lipinski definition) is 1. The van der Waals surface area contributed by atoms with E-state index >= 15 is 0 Å². The van der Waals surface area contributed by atoms with Crippen LogP contribution in [0.2, 0.25) is 0 Å². The Morgan fingerprint density at radius 1 is 1.30 bits per heavy atom. The molecule has 1 aromatic heterocycles. The maximum Gasteiger partial charge on any atom is 0.312 e. The van der Waals surface area contributed by atoms with Gasteiger partial charge in [-0.3, -0.25) is 14.8 Å². The molecule has 1 N–H and O–H groups in total. The van der Waals surface area contributed by atoms with Gasteiger partial charge in [0.05, 0.1) is 17.2 Å². The van der Waals surface area contributed by atoms with Crippen molar-refractivity contribution in [2.24, 2.45) is 5.92 Å². The lowest BCUT2D eigenvalue weighted by atomic mass is 9.90. The number of rotatable bonds is 7. The Labute approximate surface area is 136 Å². The van der Waals surface area contributed by atoms with Crippen LogP contribution in [0, 0.1) is 29.9 Å². The molecule has 130 valence electrons. The molecule has 23 heavy (non-hydrogen) atoms. The van der Waals surface area contributed by atoms with Crippen molar-refractivity contribution in [3.63, 3.8) is 0 Å². The quantitative estimate of drug-likeness (QED) is 0.600. The number of nitrogens with zero attached hydrogens (tertiary/aromatic N) is 3. The number of aromatic nitrogens is 2. The maximum absolute atomic E-state index is 12.1. The molecule has 0 radical (unpaired) electrons. The molecular weight excluding hydrogens is 320 g/mol. The highest BCUT2D eigenvalue weighted by atomic mass is 32.2. The Hall–Kier alpha value is -1.48. The monoisotopic (exact) mass is 344 g/mol. The van der Waals surface area contributed by atoms with Crippen molar-refractivity contribution >= 4 is 15.7 Å². The molecule has 1 fully saturated rings. The average molecular weight is 344 g/mol. The van der Waals surface area contributed by atoms with Gasteiger partial charge in [-0.25, -0.2) is 13.1 Å². The summed E-state index contributed by atoms with van der Waals surface area (Å²) in [5.74, 6) is 0.298. The number of aryl methyl sites for hydroxylation is 2. The van der Waals surface area contributed by atoms with E-state index in [0.717, 1.165) is 12.8 Å². The van der Waals surface area contributed by atoms with Gasteiger partial charge in [-0.1, -0.05) is 19.3 Å². The summed E-state index contributed by atoms with van der Waals surface area (Å²) in [5, 5.41) is 15.0. The summed E-state index contributed by atoms with van der Waals surface area (Å²) in [5.41, 5.74) is 0.646. The standard InChI is InChI=1S/C14H24N4O4S/c1-11-14(18(19)20)12(2)17(16-11)8-9-23(21,22)15-10-13-6-4-3-5-7-13/h13,15H,3-10H2,1-2H3. The Morgan fingerprint density at radius 3 is 2.52 bits per heavy atom. The van der Waals surface area contributed by atoms with Crippen LogP contribution in [0.4, 0.5) is 5.69 Å². The van der Waals surface area contributed by atoms with Crippen molar-refractivity contribution in [2.75, 3.05) is 12.3 Å². The molecule has 0 amide bonds. The predicted octanol–water partition coefficient (Wildman–Crippen LogP) is 1.91. The fraction of sp³-hybridized carbons (Fsp3) is 0.786. The molecule has 0 unspecified atom stereocenters. The van der Waals surface area contributed by atoms with Crippen LogP contribution in [-0.4, -0.2) is 35.4 Å². The second-order valence-electron chi connectivity index (χ2n) is 6.17. The van der Waals surface area contributed by atoms with Gasteiger partial charge in [-0.2, -0.15) is 5.10 Å². The number of sulfonamides is 1. The van der Waals surface area contributed by atoms with Crippen LogP contribution in [-0.2, 0) is 16.6 Å². The van der Waals surface area contributed by atoms with Crippen molar-refractivity contribution in [2.45, 2.75) is 52.5 Å². The van der Waals surface area contributed by atoms with E-state index in [0.29, 0.717) is 23.9 Å². The Kier molecular flexibility index (Phi) is 5.74. The zero-order valence-corrected chi connectivity index (χ0v) is 14.4. The predicted molar refractivity (Wildman–Crippen MR) is 86.7 cm³/mol. The zero-order valence-electron chi connectivity index (χ0n) is 13.6. The van der Waals surface area contributed by atoms with Crippen molar-refractivity contribution in [3.8, 4) is 0 Å². The minimum atomic E-state index is -3.40. The fourth-order valence-electron chi connectivity index (χ4n) is 3.08. The second-order valence-corrected chi connectivity index (χ2v) is 8.10. The fourth-order valence-corrected chi connectivity index (χ4v) is 4.13. The minimum Gasteiger partial charge on any atom is -0.261 e. The van der Waals surface area contributed by atoms with Crippen molar-refractivity contribution in [3.05, 3.63) is 21.5 Å². The summed E-state index contributed by atoms with van der Waals surface area (Å²) in [6.45, 7) is 3.73. The van der Waals surface area contributed by atoms with Gasteiger partial charge in [0.2, 0.25) is 10.0 Å². The Balaban J connectivity index is 1.91. The van der Waals surface area contributed by atoms with Crippen molar-refractivity contribution in [1.82, 2.24) is 14.5 Å². The van der Waals surface area contributed by atoms with Gasteiger partial charge in [0.15, 0.2) is 0 Å². The molecule has 2 rings (SSSR count). The van der Waals surface area contributed by atoms with Crippen LogP contribution in [0.5, 0.6) is 0 Å². The van der Waals surface area contributed by atoms with Crippen LogP contribution in [0.3, 0.4) is 0 Å². The lowest BCUT2D eigenvalue weighted by Crippen LogP contribution is -2.33. The molecule has 0 aromatic carbocycles. The third-order valence-electron chi connectivity index (χ3n) is 4.41. The molecule has 0 spiro atoms. The van der Waals surface area contributed by atoms with Gasteiger partial charge >= 0.3 is 5.69 Å². The summed E-state index contributed by atoms with van der Waals surface area (Å²) in [7, 11) is -3.40. The van der Waals surface area contributed by atoms with Crippen LogP contribution in [0.15, 0.2) is 0 Å². The van der Waals surface area contributed by atoms with Gasteiger partial charge < -0.3 is 0 Å². The third-order valence-corrected chi connectivity index (χ3v) is 5.74. The molecule has 9 heteroatoms. The highest BCUT2D eigenvalue weighted by molar-refractivity contribution is 7.89. The summed E-state index contributed by atoms with van der Waals surface area (Å²) in [6.07, 6.45) is 5.72. The molecule has 1 heterocycles. The van der Waals surface area contributed by atoms with Crippen molar-refractivity contribution in [1.29, 1.82) is 0 Å². The third kappa shape index (κ3) is 4.74. The zero-order chi connectivity index (χ0) is 17.0. The van der Waals surface area contributed by atoms with Gasteiger partial charge in [0.25, 0.3) is 0 Å². The van der Waals surface area contributed by atoms with E-state index in [1.807, 2.05) is 0 Å². The van der Waals surface area contributed by atoms with Gasteiger partial charge in [-0.05, 0) is 32.6 Å². The van der Waals surface area contributed by atoms with Crippen molar-refractivity contribution < 1.29 is 13.3 Å². The number of nitro groups is 1. The van der Waals surface area contributed by atoms with Crippen LogP contribution in [0.1, 0.15) is 43.5 Å². The van der Waals surface area contributed by atoms with Crippen LogP contribution >= 0.6 is 0 Å². The first-order valence-corrected chi connectivity index (χ1v) is 9.61. The average Bonchev–Trinajstić information content (AvgIpc) is 2.79. The van der Waals surface area contributed by atoms with Gasteiger partial charge in [-0.15, -0.1) is 0 Å². The first kappa shape index (κ1) is 17.9. The molecule has 1 saturated carbocycles. The molecule has 0 bridgehead atoms. The molecule has 1 aliphatic carbocycles. The molecule has 0 aliphatic heterocycles. The van der Waals surface area contributed by atoms with E-state index in [1.54, 1.807) is 13.8 Å². The Bertz CT molecular complexity index is 663. The van der Waals surface area contributed by atoms with E-state index in [4.69, 9.17) is 0 Å². The van der Waals surface area contributed by atoms with Crippen LogP contribution < -0.4 is 4.72 Å². The molecular formula is C14H24N4O4S. The van der Waals surface area contributed by atoms with E-state index in [2.05, 4.69) is 9.82 Å². The number of hydrogen-bond acceptors (Lipinski definition) is 5. The summed E-state index contributed by atoms with van der Waals surface area (Å²) in [6, 6.07) is 0. The smallest absolute Gasteiger partial charge is 0.261 e. The maximum atomic E-state index is 12.1. The topological polar surface area (TPSA) is 107 Å². The highest BCUT2D eigenvalue weighted by Crippen LogP contribution is 2.23. The van der Waals surface area contributed by atoms with E-state index in [-0.39, 0.29) is 18.0 Å². The summed E-state index contributed by atoms with van der Waals surface area (Å²) >= 11 is 0. The summed E-state index contributed by atoms with van der Waals surface area (Å²) < 4.78 is 28.3. The van der Waals surface area contributed by atoms with Crippen LogP contribution in [0.25, 0.3) is 0 Å². The van der Waals surface area contributed by atoms with E-state index in [9.17, 15) is 18.5 Å². The van der Waals surface area contributed by atoms with E-state index in [1.165, 1.54) is 23.9 Å². The molecule has 1 aromatic rings. The largest absolute Gasteiger partial charge is 0.312 e.